The van der Waals surface area contributed by atoms with Gasteiger partial charge in [-0.15, -0.1) is 0 Å². The van der Waals surface area contributed by atoms with Crippen molar-refractivity contribution in [3.8, 4) is 0 Å². The molecule has 0 aliphatic carbocycles. The van der Waals surface area contributed by atoms with Crippen LogP contribution < -0.4 is 10.2 Å². The molecule has 0 atom stereocenters. The number of amides is 2. The Hall–Kier alpha value is -3.25. The highest BCUT2D eigenvalue weighted by molar-refractivity contribution is 7.90. The summed E-state index contributed by atoms with van der Waals surface area (Å²) in [5.74, 6) is 0.166. The van der Waals surface area contributed by atoms with Crippen molar-refractivity contribution in [1.29, 1.82) is 0 Å². The molecular weight excluding hydrogens is 460 g/mol. The summed E-state index contributed by atoms with van der Waals surface area (Å²) in [7, 11) is -3.89. The van der Waals surface area contributed by atoms with Crippen molar-refractivity contribution in [2.45, 2.75) is 24.7 Å². The van der Waals surface area contributed by atoms with E-state index in [-0.39, 0.29) is 23.6 Å². The Kier molecular flexibility index (Phi) is 7.27. The lowest BCUT2D eigenvalue weighted by molar-refractivity contribution is 0.0868. The minimum absolute atomic E-state index is 0.0360. The van der Waals surface area contributed by atoms with Crippen LogP contribution in [0.5, 0.6) is 0 Å². The van der Waals surface area contributed by atoms with Crippen LogP contribution in [0.1, 0.15) is 30.1 Å². The molecule has 4 rings (SSSR count). The van der Waals surface area contributed by atoms with Gasteiger partial charge in [-0.2, -0.15) is 0 Å². The molecule has 1 saturated heterocycles. The molecule has 11 nitrogen and oxygen atoms in total. The Balaban J connectivity index is 1.27. The quantitative estimate of drug-likeness (QED) is 0.554. The lowest BCUT2D eigenvalue weighted by atomic mass is 10.2. The molecule has 2 aliphatic rings. The van der Waals surface area contributed by atoms with Crippen molar-refractivity contribution in [1.82, 2.24) is 19.2 Å². The van der Waals surface area contributed by atoms with E-state index in [0.717, 1.165) is 49.4 Å². The van der Waals surface area contributed by atoms with Gasteiger partial charge >= 0.3 is 6.09 Å². The maximum atomic E-state index is 12.9. The monoisotopic (exact) mass is 488 g/mol. The van der Waals surface area contributed by atoms with Crippen LogP contribution in [0.4, 0.5) is 16.4 Å². The maximum Gasteiger partial charge on any atom is 0.411 e. The van der Waals surface area contributed by atoms with Gasteiger partial charge in [-0.25, -0.2) is 27.5 Å². The Labute approximate surface area is 198 Å². The zero-order valence-corrected chi connectivity index (χ0v) is 19.8. The second-order valence-electron chi connectivity index (χ2n) is 8.02. The summed E-state index contributed by atoms with van der Waals surface area (Å²) in [6.07, 6.45) is 4.14. The summed E-state index contributed by atoms with van der Waals surface area (Å²) >= 11 is 0. The number of hydrogen-bond acceptors (Lipinski definition) is 9. The minimum Gasteiger partial charge on any atom is -0.450 e. The van der Waals surface area contributed by atoms with Gasteiger partial charge in [-0.05, 0) is 50.6 Å². The number of anilines is 2. The molecular formula is C22H28N6O5S. The smallest absolute Gasteiger partial charge is 0.411 e. The van der Waals surface area contributed by atoms with Crippen LogP contribution in [0.15, 0.2) is 41.6 Å². The highest BCUT2D eigenvalue weighted by atomic mass is 32.2. The number of nitrogens with one attached hydrogen (secondary N) is 1. The van der Waals surface area contributed by atoms with Crippen molar-refractivity contribution in [3.63, 3.8) is 0 Å². The van der Waals surface area contributed by atoms with E-state index in [4.69, 9.17) is 4.74 Å². The molecule has 1 aromatic heterocycles. The fourth-order valence-corrected chi connectivity index (χ4v) is 5.67. The molecule has 1 N–H and O–H groups in total. The number of nitrogens with zero attached hydrogens (tertiary/aromatic N) is 5. The van der Waals surface area contributed by atoms with Crippen LogP contribution in [0.2, 0.25) is 0 Å². The lowest BCUT2D eigenvalue weighted by Gasteiger charge is -2.34. The molecule has 0 saturated carbocycles. The Bertz CT molecular complexity index is 1140. The molecule has 0 bridgehead atoms. The van der Waals surface area contributed by atoms with Gasteiger partial charge in [0.1, 0.15) is 4.90 Å². The van der Waals surface area contributed by atoms with Gasteiger partial charge in [-0.3, -0.25) is 15.0 Å². The molecule has 182 valence electrons. The number of ether oxygens (including phenoxy) is 1. The van der Waals surface area contributed by atoms with Gasteiger partial charge < -0.3 is 9.64 Å². The van der Waals surface area contributed by atoms with E-state index in [1.54, 1.807) is 25.4 Å². The third-order valence-electron chi connectivity index (χ3n) is 5.82. The number of aromatic nitrogens is 2. The van der Waals surface area contributed by atoms with Crippen molar-refractivity contribution < 1.29 is 22.7 Å². The van der Waals surface area contributed by atoms with Crippen LogP contribution in [0, 0.1) is 0 Å². The van der Waals surface area contributed by atoms with Crippen LogP contribution in [0.3, 0.4) is 0 Å². The molecule has 12 heteroatoms. The Morgan fingerprint density at radius 3 is 2.50 bits per heavy atom. The molecule has 0 radical (unpaired) electrons. The van der Waals surface area contributed by atoms with Gasteiger partial charge in [0.2, 0.25) is 5.95 Å². The second-order valence-corrected chi connectivity index (χ2v) is 9.85. The number of rotatable bonds is 8. The SMILES string of the molecule is CCOC(=O)Nc1ccc2c(c1)C(=O)N(CCCCN1CCN(c3ncccn3)CC1)S2(=O)=O. The summed E-state index contributed by atoms with van der Waals surface area (Å²) in [4.78, 5) is 37.4. The predicted molar refractivity (Wildman–Crippen MR) is 125 cm³/mol. The van der Waals surface area contributed by atoms with Crippen molar-refractivity contribution in [2.75, 3.05) is 56.1 Å². The number of carbonyl (C=O) groups is 2. The Morgan fingerprint density at radius 1 is 1.09 bits per heavy atom. The zero-order chi connectivity index (χ0) is 24.1. The molecule has 1 aromatic carbocycles. The molecule has 2 amide bonds. The van der Waals surface area contributed by atoms with Crippen LogP contribution >= 0.6 is 0 Å². The van der Waals surface area contributed by atoms with Crippen molar-refractivity contribution >= 4 is 33.7 Å². The van der Waals surface area contributed by atoms with Crippen molar-refractivity contribution in [3.05, 3.63) is 42.2 Å². The van der Waals surface area contributed by atoms with Crippen LogP contribution in [-0.4, -0.2) is 85.5 Å². The number of piperazine rings is 1. The van der Waals surface area contributed by atoms with Gasteiger partial charge in [-0.1, -0.05) is 0 Å². The topological polar surface area (TPSA) is 125 Å². The minimum atomic E-state index is -3.89. The molecule has 2 aromatic rings. The van der Waals surface area contributed by atoms with Crippen LogP contribution in [-0.2, 0) is 14.8 Å². The first kappa shape index (κ1) is 23.9. The number of benzene rings is 1. The molecule has 0 unspecified atom stereocenters. The lowest BCUT2D eigenvalue weighted by Crippen LogP contribution is -2.47. The van der Waals surface area contributed by atoms with E-state index in [2.05, 4.69) is 25.1 Å². The molecule has 1 fully saturated rings. The van der Waals surface area contributed by atoms with Gasteiger partial charge in [0, 0.05) is 50.8 Å². The molecule has 0 spiro atoms. The summed E-state index contributed by atoms with van der Waals surface area (Å²) < 4.78 is 31.5. The first-order valence-corrected chi connectivity index (χ1v) is 12.7. The highest BCUT2D eigenvalue weighted by Crippen LogP contribution is 2.32. The average Bonchev–Trinajstić information content (AvgIpc) is 3.02. The normalized spacial score (nSPS) is 17.5. The number of fused-ring (bicyclic) bond motifs is 1. The summed E-state index contributed by atoms with van der Waals surface area (Å²) in [5, 5.41) is 2.49. The first-order chi connectivity index (χ1) is 16.4. The molecule has 3 heterocycles. The summed E-state index contributed by atoms with van der Waals surface area (Å²) in [5.41, 5.74) is 0.371. The highest BCUT2D eigenvalue weighted by Gasteiger charge is 2.40. The summed E-state index contributed by atoms with van der Waals surface area (Å²) in [6.45, 7) is 6.24. The van der Waals surface area contributed by atoms with E-state index in [0.29, 0.717) is 12.1 Å². The maximum absolute atomic E-state index is 12.9. The van der Waals surface area contributed by atoms with E-state index in [1.165, 1.54) is 18.2 Å². The largest absolute Gasteiger partial charge is 0.450 e. The van der Waals surface area contributed by atoms with Crippen molar-refractivity contribution in [2.24, 2.45) is 0 Å². The Morgan fingerprint density at radius 2 is 1.79 bits per heavy atom. The number of carbonyl (C=O) groups excluding carboxylic acids is 2. The summed E-state index contributed by atoms with van der Waals surface area (Å²) in [6, 6.07) is 5.97. The predicted octanol–water partition coefficient (Wildman–Crippen LogP) is 1.79. The van der Waals surface area contributed by atoms with E-state index in [9.17, 15) is 18.0 Å². The fourth-order valence-electron chi connectivity index (χ4n) is 4.09. The number of unbranched alkanes of at least 4 members (excludes halogenated alkanes) is 1. The first-order valence-electron chi connectivity index (χ1n) is 11.3. The third kappa shape index (κ3) is 5.12. The molecule has 2 aliphatic heterocycles. The zero-order valence-electron chi connectivity index (χ0n) is 19.0. The number of sulfonamides is 1. The van der Waals surface area contributed by atoms with Gasteiger partial charge in [0.15, 0.2) is 0 Å². The second kappa shape index (κ2) is 10.3. The van der Waals surface area contributed by atoms with E-state index >= 15 is 0 Å². The standard InChI is InChI=1S/C22H28N6O5S/c1-2-33-22(30)25-17-6-7-19-18(16-17)20(29)28(34(19,31)32)11-4-3-10-26-12-14-27(15-13-26)21-23-8-5-9-24-21/h5-9,16H,2-4,10-15H2,1H3,(H,25,30). The van der Waals surface area contributed by atoms with E-state index < -0.39 is 22.0 Å². The van der Waals surface area contributed by atoms with E-state index in [1.807, 2.05) is 0 Å². The van der Waals surface area contributed by atoms with Crippen LogP contribution in [0.25, 0.3) is 0 Å². The third-order valence-corrected chi connectivity index (χ3v) is 7.66. The number of hydrogen-bond donors (Lipinski definition) is 1. The fraction of sp³-hybridized carbons (Fsp3) is 0.455. The average molecular weight is 489 g/mol. The molecule has 34 heavy (non-hydrogen) atoms. The van der Waals surface area contributed by atoms with Gasteiger partial charge in [0.05, 0.1) is 12.2 Å². The van der Waals surface area contributed by atoms with Gasteiger partial charge in [0.25, 0.3) is 15.9 Å².